The van der Waals surface area contributed by atoms with E-state index in [0.29, 0.717) is 24.4 Å². The molecule has 0 amide bonds. The molecule has 0 unspecified atom stereocenters. The molecular weight excluding hydrogens is 278 g/mol. The molecule has 0 aliphatic carbocycles. The first-order valence-corrected chi connectivity index (χ1v) is 5.58. The normalized spacial score (nSPS) is 10.9. The van der Waals surface area contributed by atoms with Crippen molar-refractivity contribution >= 4 is 21.9 Å². The first-order chi connectivity index (χ1) is 7.61. The van der Waals surface area contributed by atoms with Crippen molar-refractivity contribution in [3.8, 4) is 0 Å². The van der Waals surface area contributed by atoms with Crippen LogP contribution in [0, 0.1) is 0 Å². The van der Waals surface area contributed by atoms with E-state index in [1.54, 1.807) is 18.1 Å². The standard InChI is InChI=1S/C10H14BrNO4/c1-15-5-4-12(7-10(13)14)6-8-2-3-9(11)16-8/h2-3H,4-7H2,1H3,(H,13,14). The van der Waals surface area contributed by atoms with Gasteiger partial charge in [-0.05, 0) is 28.1 Å². The van der Waals surface area contributed by atoms with Crippen molar-refractivity contribution in [1.82, 2.24) is 4.90 Å². The number of carboxylic acids is 1. The first-order valence-electron chi connectivity index (χ1n) is 4.79. The van der Waals surface area contributed by atoms with E-state index in [9.17, 15) is 4.79 Å². The van der Waals surface area contributed by atoms with Crippen molar-refractivity contribution in [1.29, 1.82) is 0 Å². The van der Waals surface area contributed by atoms with E-state index in [0.717, 1.165) is 5.76 Å². The molecule has 0 aliphatic rings. The van der Waals surface area contributed by atoms with Crippen molar-refractivity contribution in [2.75, 3.05) is 26.8 Å². The highest BCUT2D eigenvalue weighted by Gasteiger charge is 2.12. The summed E-state index contributed by atoms with van der Waals surface area (Å²) in [6.07, 6.45) is 0. The van der Waals surface area contributed by atoms with Crippen molar-refractivity contribution in [3.05, 3.63) is 22.6 Å². The molecule has 1 heterocycles. The van der Waals surface area contributed by atoms with Crippen molar-refractivity contribution in [2.24, 2.45) is 0 Å². The third-order valence-electron chi connectivity index (χ3n) is 1.98. The molecule has 90 valence electrons. The summed E-state index contributed by atoms with van der Waals surface area (Å²) in [5, 5.41) is 8.74. The number of nitrogens with zero attached hydrogens (tertiary/aromatic N) is 1. The minimum absolute atomic E-state index is 0.0261. The molecule has 0 spiro atoms. The fourth-order valence-corrected chi connectivity index (χ4v) is 1.62. The maximum absolute atomic E-state index is 10.6. The highest BCUT2D eigenvalue weighted by molar-refractivity contribution is 9.10. The molecule has 1 rings (SSSR count). The Balaban J connectivity index is 2.51. The van der Waals surface area contributed by atoms with E-state index >= 15 is 0 Å². The summed E-state index contributed by atoms with van der Waals surface area (Å²) in [6, 6.07) is 3.59. The zero-order chi connectivity index (χ0) is 12.0. The number of carbonyl (C=O) groups is 1. The van der Waals surface area contributed by atoms with E-state index in [1.807, 2.05) is 6.07 Å². The van der Waals surface area contributed by atoms with E-state index in [1.165, 1.54) is 0 Å². The molecule has 5 nitrogen and oxygen atoms in total. The molecule has 0 saturated carbocycles. The number of hydrogen-bond acceptors (Lipinski definition) is 4. The van der Waals surface area contributed by atoms with Gasteiger partial charge in [0.05, 0.1) is 19.7 Å². The van der Waals surface area contributed by atoms with Gasteiger partial charge in [0.1, 0.15) is 5.76 Å². The highest BCUT2D eigenvalue weighted by Crippen LogP contribution is 2.15. The van der Waals surface area contributed by atoms with Gasteiger partial charge in [-0.15, -0.1) is 0 Å². The van der Waals surface area contributed by atoms with Crippen LogP contribution in [0.2, 0.25) is 0 Å². The Kier molecular flexibility index (Phi) is 5.51. The number of rotatable bonds is 7. The van der Waals surface area contributed by atoms with Crippen LogP contribution in [0.15, 0.2) is 21.2 Å². The minimum Gasteiger partial charge on any atom is -0.480 e. The number of hydrogen-bond donors (Lipinski definition) is 1. The minimum atomic E-state index is -0.860. The SMILES string of the molecule is COCCN(CC(=O)O)Cc1ccc(Br)o1. The monoisotopic (exact) mass is 291 g/mol. The molecular formula is C10H14BrNO4. The van der Waals surface area contributed by atoms with Gasteiger partial charge < -0.3 is 14.3 Å². The van der Waals surface area contributed by atoms with Gasteiger partial charge in [-0.1, -0.05) is 0 Å². The largest absolute Gasteiger partial charge is 0.480 e. The quantitative estimate of drug-likeness (QED) is 0.826. The average molecular weight is 292 g/mol. The summed E-state index contributed by atoms with van der Waals surface area (Å²) in [5.74, 6) is -0.133. The van der Waals surface area contributed by atoms with Crippen LogP contribution in [0.3, 0.4) is 0 Å². The number of furan rings is 1. The molecule has 0 saturated heterocycles. The second-order valence-electron chi connectivity index (χ2n) is 3.30. The number of methoxy groups -OCH3 is 1. The predicted molar refractivity (Wildman–Crippen MR) is 61.2 cm³/mol. The zero-order valence-corrected chi connectivity index (χ0v) is 10.6. The lowest BCUT2D eigenvalue weighted by atomic mass is 10.4. The van der Waals surface area contributed by atoms with Gasteiger partial charge in [-0.3, -0.25) is 9.69 Å². The lowest BCUT2D eigenvalue weighted by Crippen LogP contribution is -2.32. The number of halogens is 1. The Morgan fingerprint density at radius 2 is 2.38 bits per heavy atom. The molecule has 1 aromatic heterocycles. The topological polar surface area (TPSA) is 62.9 Å². The Morgan fingerprint density at radius 1 is 1.62 bits per heavy atom. The Bertz CT molecular complexity index is 339. The molecule has 6 heteroatoms. The number of carboxylic acid groups (broad SMARTS) is 1. The lowest BCUT2D eigenvalue weighted by Gasteiger charge is -2.18. The third-order valence-corrected chi connectivity index (χ3v) is 2.41. The molecule has 0 aromatic carbocycles. The van der Waals surface area contributed by atoms with Gasteiger partial charge in [-0.2, -0.15) is 0 Å². The molecule has 0 fully saturated rings. The number of ether oxygens (including phenoxy) is 1. The summed E-state index contributed by atoms with van der Waals surface area (Å²) in [7, 11) is 1.59. The molecule has 16 heavy (non-hydrogen) atoms. The molecule has 1 N–H and O–H groups in total. The second kappa shape index (κ2) is 6.67. The number of aliphatic carboxylic acids is 1. The van der Waals surface area contributed by atoms with E-state index in [4.69, 9.17) is 14.3 Å². The Hall–Kier alpha value is -0.850. The lowest BCUT2D eigenvalue weighted by molar-refractivity contribution is -0.138. The summed E-state index contributed by atoms with van der Waals surface area (Å²) < 4.78 is 10.9. The van der Waals surface area contributed by atoms with Gasteiger partial charge in [-0.25, -0.2) is 0 Å². The van der Waals surface area contributed by atoms with Crippen molar-refractivity contribution in [3.63, 3.8) is 0 Å². The second-order valence-corrected chi connectivity index (χ2v) is 4.08. The smallest absolute Gasteiger partial charge is 0.317 e. The first kappa shape index (κ1) is 13.2. The molecule has 0 bridgehead atoms. The molecule has 0 aliphatic heterocycles. The third kappa shape index (κ3) is 4.78. The van der Waals surface area contributed by atoms with Crippen LogP contribution in [0.5, 0.6) is 0 Å². The fraction of sp³-hybridized carbons (Fsp3) is 0.500. The average Bonchev–Trinajstić information content (AvgIpc) is 2.59. The van der Waals surface area contributed by atoms with Crippen LogP contribution >= 0.6 is 15.9 Å². The van der Waals surface area contributed by atoms with Crippen molar-refractivity contribution in [2.45, 2.75) is 6.54 Å². The molecule has 1 aromatic rings. The highest BCUT2D eigenvalue weighted by atomic mass is 79.9. The van der Waals surface area contributed by atoms with E-state index in [-0.39, 0.29) is 6.54 Å². The van der Waals surface area contributed by atoms with E-state index in [2.05, 4.69) is 15.9 Å². The Morgan fingerprint density at radius 3 is 2.88 bits per heavy atom. The molecule has 0 radical (unpaired) electrons. The van der Waals surface area contributed by atoms with Gasteiger partial charge in [0, 0.05) is 13.7 Å². The van der Waals surface area contributed by atoms with Crippen LogP contribution in [0.1, 0.15) is 5.76 Å². The van der Waals surface area contributed by atoms with Crippen LogP contribution in [-0.4, -0.2) is 42.8 Å². The summed E-state index contributed by atoms with van der Waals surface area (Å²) >= 11 is 3.20. The summed E-state index contributed by atoms with van der Waals surface area (Å²) in [5.41, 5.74) is 0. The van der Waals surface area contributed by atoms with Crippen LogP contribution in [-0.2, 0) is 16.1 Å². The maximum atomic E-state index is 10.6. The van der Waals surface area contributed by atoms with Crippen LogP contribution in [0.4, 0.5) is 0 Å². The predicted octanol–water partition coefficient (Wildman–Crippen LogP) is 1.58. The fourth-order valence-electron chi connectivity index (χ4n) is 1.28. The Labute approximate surface area is 102 Å². The maximum Gasteiger partial charge on any atom is 0.317 e. The van der Waals surface area contributed by atoms with Crippen LogP contribution < -0.4 is 0 Å². The van der Waals surface area contributed by atoms with Crippen molar-refractivity contribution < 1.29 is 19.1 Å². The summed E-state index contributed by atoms with van der Waals surface area (Å²) in [6.45, 7) is 1.49. The summed E-state index contributed by atoms with van der Waals surface area (Å²) in [4.78, 5) is 12.4. The molecule has 0 atom stereocenters. The van der Waals surface area contributed by atoms with Crippen LogP contribution in [0.25, 0.3) is 0 Å². The van der Waals surface area contributed by atoms with Gasteiger partial charge in [0.15, 0.2) is 4.67 Å². The van der Waals surface area contributed by atoms with E-state index < -0.39 is 5.97 Å². The zero-order valence-electron chi connectivity index (χ0n) is 8.98. The van der Waals surface area contributed by atoms with Gasteiger partial charge in [0.2, 0.25) is 0 Å². The van der Waals surface area contributed by atoms with Gasteiger partial charge in [0.25, 0.3) is 0 Å². The van der Waals surface area contributed by atoms with Gasteiger partial charge >= 0.3 is 5.97 Å².